The molecular formula is C15H24ClN3O. The number of piperazine rings is 1. The lowest BCUT2D eigenvalue weighted by molar-refractivity contribution is 0.229. The van der Waals surface area contributed by atoms with Gasteiger partial charge in [-0.1, -0.05) is 23.7 Å². The van der Waals surface area contributed by atoms with E-state index in [2.05, 4.69) is 28.8 Å². The molecule has 0 unspecified atom stereocenters. The molecule has 1 aliphatic heterocycles. The van der Waals surface area contributed by atoms with E-state index in [0.717, 1.165) is 55.5 Å². The number of benzene rings is 1. The fraction of sp³-hybridized carbons (Fsp3) is 0.600. The molecule has 0 bridgehead atoms. The van der Waals surface area contributed by atoms with Gasteiger partial charge >= 0.3 is 0 Å². The van der Waals surface area contributed by atoms with Crippen molar-refractivity contribution in [1.29, 1.82) is 0 Å². The first kappa shape index (κ1) is 15.6. The van der Waals surface area contributed by atoms with Crippen LogP contribution in [-0.4, -0.2) is 68.3 Å². The number of likely N-dealkylation sites (N-methyl/N-ethyl adjacent to an activating group) is 1. The smallest absolute Gasteiger partial charge is 0.0702 e. The minimum Gasteiger partial charge on any atom is -0.392 e. The number of aliphatic hydroxyl groups is 1. The van der Waals surface area contributed by atoms with E-state index in [1.54, 1.807) is 0 Å². The van der Waals surface area contributed by atoms with E-state index in [1.165, 1.54) is 0 Å². The monoisotopic (exact) mass is 297 g/mol. The van der Waals surface area contributed by atoms with Crippen LogP contribution in [0.5, 0.6) is 0 Å². The third-order valence-corrected chi connectivity index (χ3v) is 4.10. The normalized spacial score (nSPS) is 16.9. The second kappa shape index (κ2) is 7.27. The van der Waals surface area contributed by atoms with Crippen LogP contribution in [0.25, 0.3) is 0 Å². The van der Waals surface area contributed by atoms with Crippen LogP contribution in [0.3, 0.4) is 0 Å². The second-order valence-electron chi connectivity index (χ2n) is 5.54. The van der Waals surface area contributed by atoms with Crippen molar-refractivity contribution in [3.63, 3.8) is 0 Å². The topological polar surface area (TPSA) is 30.0 Å². The second-order valence-corrected chi connectivity index (χ2v) is 5.94. The predicted molar refractivity (Wildman–Crippen MR) is 84.6 cm³/mol. The molecule has 1 heterocycles. The maximum Gasteiger partial charge on any atom is 0.0702 e. The average Bonchev–Trinajstić information content (AvgIpc) is 2.45. The van der Waals surface area contributed by atoms with Crippen molar-refractivity contribution in [3.8, 4) is 0 Å². The zero-order valence-electron chi connectivity index (χ0n) is 12.3. The number of anilines is 1. The van der Waals surface area contributed by atoms with E-state index in [1.807, 2.05) is 18.2 Å². The Kier molecular flexibility index (Phi) is 5.66. The van der Waals surface area contributed by atoms with Crippen molar-refractivity contribution < 1.29 is 5.11 Å². The molecule has 0 aliphatic carbocycles. The molecule has 1 saturated heterocycles. The summed E-state index contributed by atoms with van der Waals surface area (Å²) in [6, 6.07) is 5.73. The van der Waals surface area contributed by atoms with Crippen molar-refractivity contribution in [2.45, 2.75) is 6.61 Å². The number of halogens is 1. The highest BCUT2D eigenvalue weighted by Gasteiger charge is 2.20. The minimum absolute atomic E-state index is 0.0384. The molecule has 1 aromatic rings. The minimum atomic E-state index is 0.0384. The summed E-state index contributed by atoms with van der Waals surface area (Å²) in [5, 5.41) is 10.2. The summed E-state index contributed by atoms with van der Waals surface area (Å²) < 4.78 is 0. The first-order chi connectivity index (χ1) is 9.61. The molecule has 1 aromatic carbocycles. The van der Waals surface area contributed by atoms with Gasteiger partial charge < -0.3 is 14.9 Å². The summed E-state index contributed by atoms with van der Waals surface area (Å²) in [6.45, 7) is 6.25. The summed E-state index contributed by atoms with van der Waals surface area (Å²) in [6.07, 6.45) is 0. The maximum absolute atomic E-state index is 9.47. The molecule has 0 saturated carbocycles. The van der Waals surface area contributed by atoms with Gasteiger partial charge in [-0.3, -0.25) is 4.90 Å². The zero-order valence-corrected chi connectivity index (χ0v) is 13.1. The number of hydrogen-bond donors (Lipinski definition) is 1. The fourth-order valence-electron chi connectivity index (χ4n) is 2.58. The van der Waals surface area contributed by atoms with Crippen molar-refractivity contribution in [3.05, 3.63) is 28.8 Å². The molecule has 0 spiro atoms. The lowest BCUT2D eigenvalue weighted by Crippen LogP contribution is -2.48. The molecular weight excluding hydrogens is 274 g/mol. The van der Waals surface area contributed by atoms with Crippen LogP contribution in [-0.2, 0) is 6.61 Å². The standard InChI is InChI=1S/C15H24ClN3O/c1-17(2)6-7-18-8-10-19(11-9-18)15-13(12-20)4-3-5-14(15)16/h3-5,20H,6-12H2,1-2H3. The molecule has 0 radical (unpaired) electrons. The van der Waals surface area contributed by atoms with Gasteiger partial charge in [0, 0.05) is 44.8 Å². The third-order valence-electron chi connectivity index (χ3n) is 3.79. The summed E-state index contributed by atoms with van der Waals surface area (Å²) in [5.41, 5.74) is 1.92. The van der Waals surface area contributed by atoms with Gasteiger partial charge in [-0.2, -0.15) is 0 Å². The number of nitrogens with zero attached hydrogens (tertiary/aromatic N) is 3. The maximum atomic E-state index is 9.47. The highest BCUT2D eigenvalue weighted by atomic mass is 35.5. The molecule has 5 heteroatoms. The van der Waals surface area contributed by atoms with Gasteiger partial charge in [0.2, 0.25) is 0 Å². The third kappa shape index (κ3) is 3.85. The highest BCUT2D eigenvalue weighted by molar-refractivity contribution is 6.33. The van der Waals surface area contributed by atoms with E-state index >= 15 is 0 Å². The van der Waals surface area contributed by atoms with Crippen LogP contribution in [0.4, 0.5) is 5.69 Å². The fourth-order valence-corrected chi connectivity index (χ4v) is 2.89. The van der Waals surface area contributed by atoms with E-state index in [4.69, 9.17) is 11.6 Å². The quantitative estimate of drug-likeness (QED) is 0.892. The van der Waals surface area contributed by atoms with Crippen LogP contribution in [0.15, 0.2) is 18.2 Å². The summed E-state index contributed by atoms with van der Waals surface area (Å²) >= 11 is 6.31. The number of para-hydroxylation sites is 1. The molecule has 0 aromatic heterocycles. The van der Waals surface area contributed by atoms with E-state index in [-0.39, 0.29) is 6.61 Å². The van der Waals surface area contributed by atoms with Crippen molar-refractivity contribution >= 4 is 17.3 Å². The molecule has 1 fully saturated rings. The van der Waals surface area contributed by atoms with Gasteiger partial charge in [0.1, 0.15) is 0 Å². The van der Waals surface area contributed by atoms with Gasteiger partial charge in [0.05, 0.1) is 17.3 Å². The van der Waals surface area contributed by atoms with E-state index in [9.17, 15) is 5.11 Å². The van der Waals surface area contributed by atoms with Gasteiger partial charge in [-0.15, -0.1) is 0 Å². The van der Waals surface area contributed by atoms with Crippen LogP contribution in [0.1, 0.15) is 5.56 Å². The largest absolute Gasteiger partial charge is 0.392 e. The lowest BCUT2D eigenvalue weighted by atomic mass is 10.1. The van der Waals surface area contributed by atoms with Crippen LogP contribution in [0.2, 0.25) is 5.02 Å². The highest BCUT2D eigenvalue weighted by Crippen LogP contribution is 2.30. The molecule has 20 heavy (non-hydrogen) atoms. The van der Waals surface area contributed by atoms with Gasteiger partial charge in [-0.25, -0.2) is 0 Å². The van der Waals surface area contributed by atoms with E-state index < -0.39 is 0 Å². The molecule has 2 rings (SSSR count). The molecule has 1 aliphatic rings. The molecule has 0 amide bonds. The number of hydrogen-bond acceptors (Lipinski definition) is 4. The number of rotatable bonds is 5. The summed E-state index contributed by atoms with van der Waals surface area (Å²) in [5.74, 6) is 0. The Hall–Kier alpha value is -0.810. The Labute approximate surface area is 126 Å². The van der Waals surface area contributed by atoms with Gasteiger partial charge in [0.25, 0.3) is 0 Å². The SMILES string of the molecule is CN(C)CCN1CCN(c2c(Cl)cccc2CO)CC1. The molecule has 0 atom stereocenters. The van der Waals surface area contributed by atoms with Crippen LogP contribution >= 0.6 is 11.6 Å². The zero-order chi connectivity index (χ0) is 14.5. The van der Waals surface area contributed by atoms with Crippen molar-refractivity contribution in [2.75, 3.05) is 58.3 Å². The van der Waals surface area contributed by atoms with Gasteiger partial charge in [0.15, 0.2) is 0 Å². The Morgan fingerprint density at radius 1 is 1.20 bits per heavy atom. The van der Waals surface area contributed by atoms with Crippen LogP contribution in [0, 0.1) is 0 Å². The Morgan fingerprint density at radius 3 is 2.50 bits per heavy atom. The first-order valence-electron chi connectivity index (χ1n) is 7.12. The Balaban J connectivity index is 1.97. The molecule has 1 N–H and O–H groups in total. The summed E-state index contributed by atoms with van der Waals surface area (Å²) in [7, 11) is 4.21. The number of aliphatic hydroxyl groups excluding tert-OH is 1. The van der Waals surface area contributed by atoms with Crippen molar-refractivity contribution in [2.24, 2.45) is 0 Å². The van der Waals surface area contributed by atoms with Gasteiger partial charge in [-0.05, 0) is 20.2 Å². The lowest BCUT2D eigenvalue weighted by Gasteiger charge is -2.37. The first-order valence-corrected chi connectivity index (χ1v) is 7.50. The predicted octanol–water partition coefficient (Wildman–Crippen LogP) is 1.52. The van der Waals surface area contributed by atoms with E-state index in [0.29, 0.717) is 0 Å². The summed E-state index contributed by atoms with van der Waals surface area (Å²) in [4.78, 5) is 6.98. The average molecular weight is 298 g/mol. The van der Waals surface area contributed by atoms with Crippen molar-refractivity contribution in [1.82, 2.24) is 9.80 Å². The molecule has 112 valence electrons. The Bertz CT molecular complexity index is 431. The molecule has 4 nitrogen and oxygen atoms in total. The Morgan fingerprint density at radius 2 is 1.90 bits per heavy atom. The van der Waals surface area contributed by atoms with Crippen LogP contribution < -0.4 is 4.90 Å².